The lowest BCUT2D eigenvalue weighted by Crippen LogP contribution is -2.26. The third-order valence-electron chi connectivity index (χ3n) is 3.08. The number of benzene rings is 1. The van der Waals surface area contributed by atoms with Crippen LogP contribution in [0, 0.1) is 0 Å². The van der Waals surface area contributed by atoms with E-state index in [-0.39, 0.29) is 11.1 Å². The first-order valence-corrected chi connectivity index (χ1v) is 6.51. The minimum atomic E-state index is -0.640. The van der Waals surface area contributed by atoms with Gasteiger partial charge in [-0.1, -0.05) is 32.9 Å². The van der Waals surface area contributed by atoms with Gasteiger partial charge in [0.2, 0.25) is 0 Å². The van der Waals surface area contributed by atoms with Crippen molar-refractivity contribution in [2.75, 3.05) is 5.32 Å². The number of carbonyl (C=O) groups is 1. The van der Waals surface area contributed by atoms with Crippen LogP contribution < -0.4 is 16.6 Å². The second-order valence-electron chi connectivity index (χ2n) is 5.77. The summed E-state index contributed by atoms with van der Waals surface area (Å²) in [4.78, 5) is 38.8. The van der Waals surface area contributed by atoms with E-state index >= 15 is 0 Å². The lowest BCUT2D eigenvalue weighted by molar-refractivity contribution is 0.102. The highest BCUT2D eigenvalue weighted by molar-refractivity contribution is 6.04. The molecule has 1 aromatic carbocycles. The van der Waals surface area contributed by atoms with Crippen LogP contribution in [0.3, 0.4) is 0 Å². The van der Waals surface area contributed by atoms with Crippen molar-refractivity contribution in [3.63, 3.8) is 0 Å². The Balaban J connectivity index is 2.21. The molecule has 0 radical (unpaired) electrons. The van der Waals surface area contributed by atoms with E-state index in [0.29, 0.717) is 5.56 Å². The van der Waals surface area contributed by atoms with Crippen molar-refractivity contribution < 1.29 is 4.79 Å². The van der Waals surface area contributed by atoms with E-state index in [1.807, 2.05) is 17.1 Å². The molecule has 0 spiro atoms. The predicted octanol–water partition coefficient (Wildman–Crippen LogP) is 1.61. The van der Waals surface area contributed by atoms with Gasteiger partial charge in [-0.05, 0) is 23.1 Å². The van der Waals surface area contributed by atoms with Gasteiger partial charge >= 0.3 is 5.69 Å². The average Bonchev–Trinajstić information content (AvgIpc) is 2.41. The molecule has 1 amide bonds. The Labute approximate surface area is 121 Å². The SMILES string of the molecule is CC(C)(C)c1ccc(C(=O)Nc2c[nH]c(=O)[nH]c2=O)cc1. The van der Waals surface area contributed by atoms with E-state index in [0.717, 1.165) is 5.56 Å². The summed E-state index contributed by atoms with van der Waals surface area (Å²) in [5.74, 6) is -0.409. The van der Waals surface area contributed by atoms with E-state index in [1.165, 1.54) is 6.20 Å². The number of aromatic nitrogens is 2. The van der Waals surface area contributed by atoms with Crippen molar-refractivity contribution in [3.8, 4) is 0 Å². The molecule has 0 aliphatic heterocycles. The minimum Gasteiger partial charge on any atom is -0.316 e. The van der Waals surface area contributed by atoms with Crippen LogP contribution in [-0.2, 0) is 5.41 Å². The predicted molar refractivity (Wildman–Crippen MR) is 80.8 cm³/mol. The Morgan fingerprint density at radius 3 is 2.24 bits per heavy atom. The fourth-order valence-corrected chi connectivity index (χ4v) is 1.82. The monoisotopic (exact) mass is 287 g/mol. The van der Waals surface area contributed by atoms with Gasteiger partial charge in [-0.25, -0.2) is 4.79 Å². The van der Waals surface area contributed by atoms with Crippen LogP contribution in [0.1, 0.15) is 36.7 Å². The topological polar surface area (TPSA) is 94.8 Å². The second kappa shape index (κ2) is 5.40. The molecule has 0 atom stereocenters. The summed E-state index contributed by atoms with van der Waals surface area (Å²) < 4.78 is 0. The van der Waals surface area contributed by atoms with E-state index in [2.05, 4.69) is 31.1 Å². The Kier molecular flexibility index (Phi) is 3.80. The Bertz CT molecular complexity index is 764. The van der Waals surface area contributed by atoms with E-state index in [9.17, 15) is 14.4 Å². The van der Waals surface area contributed by atoms with Crippen LogP contribution in [-0.4, -0.2) is 15.9 Å². The van der Waals surface area contributed by atoms with Crippen LogP contribution >= 0.6 is 0 Å². The number of hydrogen-bond donors (Lipinski definition) is 3. The van der Waals surface area contributed by atoms with Gasteiger partial charge in [0.25, 0.3) is 11.5 Å². The summed E-state index contributed by atoms with van der Waals surface area (Å²) in [5.41, 5.74) is 0.297. The lowest BCUT2D eigenvalue weighted by Gasteiger charge is -2.19. The molecule has 0 fully saturated rings. The van der Waals surface area contributed by atoms with E-state index < -0.39 is 17.2 Å². The van der Waals surface area contributed by atoms with Crippen LogP contribution in [0.2, 0.25) is 0 Å². The number of anilines is 1. The van der Waals surface area contributed by atoms with E-state index in [1.54, 1.807) is 12.1 Å². The Hall–Kier alpha value is -2.63. The summed E-state index contributed by atoms with van der Waals surface area (Å²) in [6.45, 7) is 6.26. The van der Waals surface area contributed by atoms with Gasteiger partial charge in [0.05, 0.1) is 0 Å². The molecule has 110 valence electrons. The molecular weight excluding hydrogens is 270 g/mol. The number of carbonyl (C=O) groups excluding carboxylic acids is 1. The fourth-order valence-electron chi connectivity index (χ4n) is 1.82. The lowest BCUT2D eigenvalue weighted by atomic mass is 9.87. The molecule has 0 aliphatic carbocycles. The quantitative estimate of drug-likeness (QED) is 0.783. The molecule has 0 bridgehead atoms. The molecule has 2 aromatic rings. The molecule has 3 N–H and O–H groups in total. The third kappa shape index (κ3) is 3.47. The molecular formula is C15H17N3O3. The maximum atomic E-state index is 12.1. The molecule has 0 saturated heterocycles. The average molecular weight is 287 g/mol. The highest BCUT2D eigenvalue weighted by Crippen LogP contribution is 2.22. The maximum absolute atomic E-state index is 12.1. The summed E-state index contributed by atoms with van der Waals surface area (Å²) in [6.07, 6.45) is 1.17. The van der Waals surface area contributed by atoms with Gasteiger partial charge < -0.3 is 10.3 Å². The molecule has 21 heavy (non-hydrogen) atoms. The van der Waals surface area contributed by atoms with Crippen molar-refractivity contribution in [1.82, 2.24) is 9.97 Å². The highest BCUT2D eigenvalue weighted by atomic mass is 16.2. The zero-order valence-corrected chi connectivity index (χ0v) is 12.1. The van der Waals surface area contributed by atoms with Crippen molar-refractivity contribution >= 4 is 11.6 Å². The smallest absolute Gasteiger partial charge is 0.316 e. The van der Waals surface area contributed by atoms with Crippen molar-refractivity contribution in [2.45, 2.75) is 26.2 Å². The van der Waals surface area contributed by atoms with Crippen molar-refractivity contribution in [1.29, 1.82) is 0 Å². The largest absolute Gasteiger partial charge is 0.325 e. The van der Waals surface area contributed by atoms with Crippen LogP contribution in [0.5, 0.6) is 0 Å². The fraction of sp³-hybridized carbons (Fsp3) is 0.267. The van der Waals surface area contributed by atoms with E-state index in [4.69, 9.17) is 0 Å². The zero-order valence-electron chi connectivity index (χ0n) is 12.1. The molecule has 0 unspecified atom stereocenters. The van der Waals surface area contributed by atoms with Crippen LogP contribution in [0.4, 0.5) is 5.69 Å². The molecule has 1 aromatic heterocycles. The first-order chi connectivity index (χ1) is 9.77. The normalized spacial score (nSPS) is 11.2. The first-order valence-electron chi connectivity index (χ1n) is 6.51. The number of amides is 1. The molecule has 0 aliphatic rings. The van der Waals surface area contributed by atoms with Gasteiger partial charge in [0, 0.05) is 11.8 Å². The molecule has 6 heteroatoms. The summed E-state index contributed by atoms with van der Waals surface area (Å²) in [6, 6.07) is 7.17. The summed E-state index contributed by atoms with van der Waals surface area (Å²) >= 11 is 0. The molecule has 6 nitrogen and oxygen atoms in total. The van der Waals surface area contributed by atoms with Crippen molar-refractivity contribution in [3.05, 3.63) is 62.4 Å². The number of rotatable bonds is 2. The summed E-state index contributed by atoms with van der Waals surface area (Å²) in [7, 11) is 0. The number of aromatic amines is 2. The summed E-state index contributed by atoms with van der Waals surface area (Å²) in [5, 5.41) is 2.46. The Morgan fingerprint density at radius 2 is 1.71 bits per heavy atom. The molecule has 1 heterocycles. The van der Waals surface area contributed by atoms with Gasteiger partial charge in [0.15, 0.2) is 0 Å². The Morgan fingerprint density at radius 1 is 1.10 bits per heavy atom. The van der Waals surface area contributed by atoms with Crippen LogP contribution in [0.25, 0.3) is 0 Å². The van der Waals surface area contributed by atoms with Gasteiger partial charge in [-0.2, -0.15) is 0 Å². The number of nitrogens with one attached hydrogen (secondary N) is 3. The third-order valence-corrected chi connectivity index (χ3v) is 3.08. The van der Waals surface area contributed by atoms with Gasteiger partial charge in [0.1, 0.15) is 5.69 Å². The zero-order chi connectivity index (χ0) is 15.6. The van der Waals surface area contributed by atoms with Crippen LogP contribution in [0.15, 0.2) is 40.1 Å². The van der Waals surface area contributed by atoms with Gasteiger partial charge in [-0.3, -0.25) is 14.6 Å². The highest BCUT2D eigenvalue weighted by Gasteiger charge is 2.14. The maximum Gasteiger partial charge on any atom is 0.325 e. The second-order valence-corrected chi connectivity index (χ2v) is 5.77. The van der Waals surface area contributed by atoms with Crippen molar-refractivity contribution in [2.24, 2.45) is 0 Å². The first kappa shape index (κ1) is 14.8. The number of hydrogen-bond acceptors (Lipinski definition) is 3. The minimum absolute atomic E-state index is 0.000465. The molecule has 2 rings (SSSR count). The van der Waals surface area contributed by atoms with Gasteiger partial charge in [-0.15, -0.1) is 0 Å². The number of H-pyrrole nitrogens is 2. The molecule has 0 saturated carbocycles. The standard InChI is InChI=1S/C15H17N3O3/c1-15(2,3)10-6-4-9(5-7-10)12(19)17-11-8-16-14(21)18-13(11)20/h4-8H,1-3H3,(H,17,19)(H2,16,18,20,21).